The predicted molar refractivity (Wildman–Crippen MR) is 100 cm³/mol. The lowest BCUT2D eigenvalue weighted by atomic mass is 10.0. The highest BCUT2D eigenvalue weighted by Crippen LogP contribution is 2.35. The number of carbonyl (C=O) groups excluding carboxylic acids is 2. The molecule has 2 amide bonds. The van der Waals surface area contributed by atoms with E-state index in [4.69, 9.17) is 9.47 Å². The Morgan fingerprint density at radius 3 is 2.86 bits per heavy atom. The first-order valence-corrected chi connectivity index (χ1v) is 9.52. The first-order chi connectivity index (χ1) is 13.7. The van der Waals surface area contributed by atoms with Gasteiger partial charge in [-0.05, 0) is 37.5 Å². The fraction of sp³-hybridized carbons (Fsp3) is 0.474. The molecule has 9 heteroatoms. The average Bonchev–Trinajstić information content (AvgIpc) is 3.38. The van der Waals surface area contributed by atoms with Crippen LogP contribution in [0.5, 0.6) is 11.5 Å². The summed E-state index contributed by atoms with van der Waals surface area (Å²) < 4.78 is 13.2. The van der Waals surface area contributed by atoms with Crippen molar-refractivity contribution in [1.29, 1.82) is 0 Å². The lowest BCUT2D eigenvalue weighted by molar-refractivity contribution is -0.132. The van der Waals surface area contributed by atoms with Gasteiger partial charge in [-0.2, -0.15) is 10.1 Å². The van der Waals surface area contributed by atoms with E-state index in [0.717, 1.165) is 31.5 Å². The lowest BCUT2D eigenvalue weighted by Gasteiger charge is -2.24. The Bertz CT molecular complexity index is 875. The zero-order valence-electron chi connectivity index (χ0n) is 15.8. The first kappa shape index (κ1) is 18.3. The third-order valence-corrected chi connectivity index (χ3v) is 4.96. The molecule has 2 aliphatic rings. The van der Waals surface area contributed by atoms with Crippen molar-refractivity contribution in [2.75, 3.05) is 31.6 Å². The highest BCUT2D eigenvalue weighted by Gasteiger charge is 2.28. The van der Waals surface area contributed by atoms with Gasteiger partial charge >= 0.3 is 0 Å². The van der Waals surface area contributed by atoms with E-state index in [1.165, 1.54) is 6.33 Å². The van der Waals surface area contributed by atoms with Gasteiger partial charge in [-0.1, -0.05) is 6.07 Å². The van der Waals surface area contributed by atoms with Crippen molar-refractivity contribution >= 4 is 17.8 Å². The monoisotopic (exact) mass is 385 g/mol. The molecule has 1 unspecified atom stereocenters. The molecule has 3 heterocycles. The molecule has 0 spiro atoms. The van der Waals surface area contributed by atoms with E-state index in [-0.39, 0.29) is 30.9 Å². The molecule has 1 aromatic carbocycles. The van der Waals surface area contributed by atoms with Crippen LogP contribution in [0.4, 0.5) is 5.95 Å². The maximum Gasteiger partial charge on any atom is 0.260 e. The number of hydrogen-bond donors (Lipinski definition) is 1. The van der Waals surface area contributed by atoms with Crippen LogP contribution in [0.3, 0.4) is 0 Å². The third kappa shape index (κ3) is 3.64. The van der Waals surface area contributed by atoms with Crippen LogP contribution in [0.25, 0.3) is 0 Å². The van der Waals surface area contributed by atoms with Crippen LogP contribution in [0.1, 0.15) is 37.8 Å². The van der Waals surface area contributed by atoms with Crippen molar-refractivity contribution < 1.29 is 19.1 Å². The zero-order chi connectivity index (χ0) is 19.5. The molecule has 4 rings (SSSR count). The molecule has 28 heavy (non-hydrogen) atoms. The molecule has 0 aliphatic carbocycles. The van der Waals surface area contributed by atoms with Gasteiger partial charge in [0.15, 0.2) is 18.1 Å². The lowest BCUT2D eigenvalue weighted by Crippen LogP contribution is -2.32. The van der Waals surface area contributed by atoms with E-state index in [0.29, 0.717) is 24.1 Å². The predicted octanol–water partition coefficient (Wildman–Crippen LogP) is 1.61. The number of aromatic nitrogens is 3. The number of hydrogen-bond acceptors (Lipinski definition) is 6. The minimum Gasteiger partial charge on any atom is -0.490 e. The molecule has 2 aromatic rings. The van der Waals surface area contributed by atoms with Gasteiger partial charge in [-0.25, -0.2) is 4.68 Å². The molecule has 0 saturated carbocycles. The minimum atomic E-state index is -0.272. The smallest absolute Gasteiger partial charge is 0.260 e. The second kappa shape index (κ2) is 7.87. The SMILES string of the molecule is CCOc1cc(C2CC(=O)Nc3ncnn32)ccc1OCC(=O)N1CCCC1. The minimum absolute atomic E-state index is 0.0137. The molecule has 2 aliphatic heterocycles. The van der Waals surface area contributed by atoms with Gasteiger partial charge in [0, 0.05) is 13.1 Å². The number of likely N-dealkylation sites (tertiary alicyclic amines) is 1. The van der Waals surface area contributed by atoms with Gasteiger partial charge in [0.05, 0.1) is 19.1 Å². The summed E-state index contributed by atoms with van der Waals surface area (Å²) in [6.07, 6.45) is 3.77. The van der Waals surface area contributed by atoms with E-state index in [2.05, 4.69) is 15.4 Å². The summed E-state index contributed by atoms with van der Waals surface area (Å²) in [5, 5.41) is 6.92. The van der Waals surface area contributed by atoms with E-state index in [1.54, 1.807) is 10.7 Å². The molecule has 0 bridgehead atoms. The van der Waals surface area contributed by atoms with Crippen LogP contribution in [-0.2, 0) is 9.59 Å². The summed E-state index contributed by atoms with van der Waals surface area (Å²) in [5.74, 6) is 1.36. The molecular formula is C19H23N5O4. The van der Waals surface area contributed by atoms with E-state index >= 15 is 0 Å². The Balaban J connectivity index is 1.54. The average molecular weight is 385 g/mol. The number of ether oxygens (including phenoxy) is 2. The number of benzene rings is 1. The summed E-state index contributed by atoms with van der Waals surface area (Å²) in [7, 11) is 0. The maximum atomic E-state index is 12.2. The van der Waals surface area contributed by atoms with Gasteiger partial charge in [0.25, 0.3) is 5.91 Å². The number of fused-ring (bicyclic) bond motifs is 1. The second-order valence-electron chi connectivity index (χ2n) is 6.81. The molecule has 1 saturated heterocycles. The number of amides is 2. The van der Waals surface area contributed by atoms with Crippen molar-refractivity contribution in [2.45, 2.75) is 32.2 Å². The van der Waals surface area contributed by atoms with Crippen LogP contribution in [0.2, 0.25) is 0 Å². The van der Waals surface area contributed by atoms with Gasteiger partial charge in [0.1, 0.15) is 6.33 Å². The van der Waals surface area contributed by atoms with Crippen molar-refractivity contribution in [1.82, 2.24) is 19.7 Å². The second-order valence-corrected chi connectivity index (χ2v) is 6.81. The Hall–Kier alpha value is -3.10. The summed E-state index contributed by atoms with van der Waals surface area (Å²) in [6, 6.07) is 5.22. The molecule has 1 aromatic heterocycles. The summed E-state index contributed by atoms with van der Waals surface area (Å²) in [5.41, 5.74) is 0.864. The van der Waals surface area contributed by atoms with Gasteiger partial charge in [-0.15, -0.1) is 0 Å². The Morgan fingerprint density at radius 1 is 1.25 bits per heavy atom. The Kier molecular flexibility index (Phi) is 5.14. The van der Waals surface area contributed by atoms with Crippen molar-refractivity contribution in [3.8, 4) is 11.5 Å². The van der Waals surface area contributed by atoms with Crippen LogP contribution in [0.15, 0.2) is 24.5 Å². The zero-order valence-corrected chi connectivity index (χ0v) is 15.8. The fourth-order valence-corrected chi connectivity index (χ4v) is 3.58. The highest BCUT2D eigenvalue weighted by molar-refractivity contribution is 5.91. The third-order valence-electron chi connectivity index (χ3n) is 4.96. The van der Waals surface area contributed by atoms with Gasteiger partial charge in [-0.3, -0.25) is 14.9 Å². The number of nitrogens with zero attached hydrogens (tertiary/aromatic N) is 4. The van der Waals surface area contributed by atoms with Crippen molar-refractivity contribution in [3.63, 3.8) is 0 Å². The first-order valence-electron chi connectivity index (χ1n) is 9.52. The fourth-order valence-electron chi connectivity index (χ4n) is 3.58. The Morgan fingerprint density at radius 2 is 2.07 bits per heavy atom. The standard InChI is InChI=1S/C19H23N5O4/c1-2-27-16-9-13(14-10-17(25)22-19-20-12-21-24(14)19)5-6-15(16)28-11-18(26)23-7-3-4-8-23/h5-6,9,12,14H,2-4,7-8,10-11H2,1H3,(H,20,21,22,25). The van der Waals surface area contributed by atoms with E-state index < -0.39 is 0 Å². The molecule has 9 nitrogen and oxygen atoms in total. The Labute approximate surface area is 162 Å². The van der Waals surface area contributed by atoms with Crippen LogP contribution >= 0.6 is 0 Å². The molecule has 0 radical (unpaired) electrons. The normalized spacial score (nSPS) is 18.5. The number of nitrogens with one attached hydrogen (secondary N) is 1. The number of rotatable bonds is 6. The summed E-state index contributed by atoms with van der Waals surface area (Å²) in [6.45, 7) is 3.92. The molecule has 1 atom stereocenters. The molecular weight excluding hydrogens is 362 g/mol. The topological polar surface area (TPSA) is 98.6 Å². The molecule has 1 N–H and O–H groups in total. The summed E-state index contributed by atoms with van der Waals surface area (Å²) in [4.78, 5) is 30.1. The molecule has 1 fully saturated rings. The summed E-state index contributed by atoms with van der Waals surface area (Å²) >= 11 is 0. The molecule has 148 valence electrons. The van der Waals surface area contributed by atoms with Gasteiger partial charge < -0.3 is 14.4 Å². The number of carbonyl (C=O) groups is 2. The quantitative estimate of drug-likeness (QED) is 0.811. The van der Waals surface area contributed by atoms with Gasteiger partial charge in [0.2, 0.25) is 11.9 Å². The van der Waals surface area contributed by atoms with Crippen LogP contribution in [-0.4, -0.2) is 57.8 Å². The number of anilines is 1. The maximum absolute atomic E-state index is 12.2. The highest BCUT2D eigenvalue weighted by atomic mass is 16.5. The largest absolute Gasteiger partial charge is 0.490 e. The van der Waals surface area contributed by atoms with Crippen molar-refractivity contribution in [3.05, 3.63) is 30.1 Å². The van der Waals surface area contributed by atoms with Crippen LogP contribution in [0, 0.1) is 0 Å². The van der Waals surface area contributed by atoms with E-state index in [1.807, 2.05) is 24.0 Å². The van der Waals surface area contributed by atoms with Crippen molar-refractivity contribution in [2.24, 2.45) is 0 Å². The van der Waals surface area contributed by atoms with E-state index in [9.17, 15) is 9.59 Å². The van der Waals surface area contributed by atoms with Crippen LogP contribution < -0.4 is 14.8 Å².